The van der Waals surface area contributed by atoms with Gasteiger partial charge in [-0.05, 0) is 55.7 Å². The molecule has 3 aromatic rings. The molecule has 2 N–H and O–H groups in total. The van der Waals surface area contributed by atoms with Crippen LogP contribution in [0.2, 0.25) is 5.02 Å². The van der Waals surface area contributed by atoms with Crippen molar-refractivity contribution in [1.82, 2.24) is 5.32 Å². The summed E-state index contributed by atoms with van der Waals surface area (Å²) in [7, 11) is 0. The highest BCUT2D eigenvalue weighted by atomic mass is 35.5. The molecule has 0 spiro atoms. The molecule has 8 heteroatoms. The topological polar surface area (TPSA) is 106 Å². The maximum absolute atomic E-state index is 12.6. The fourth-order valence-corrected chi connectivity index (χ4v) is 4.56. The molecule has 7 nitrogen and oxygen atoms in total. The molecule has 1 fully saturated rings. The van der Waals surface area contributed by atoms with Crippen molar-refractivity contribution >= 4 is 34.4 Å². The highest BCUT2D eigenvalue weighted by Gasteiger charge is 2.27. The van der Waals surface area contributed by atoms with Crippen molar-refractivity contribution in [2.45, 2.75) is 38.7 Å². The van der Waals surface area contributed by atoms with Crippen LogP contribution in [0, 0.1) is 11.8 Å². The first kappa shape index (κ1) is 23.8. The van der Waals surface area contributed by atoms with Gasteiger partial charge < -0.3 is 19.6 Å². The van der Waals surface area contributed by atoms with Gasteiger partial charge in [-0.2, -0.15) is 0 Å². The van der Waals surface area contributed by atoms with E-state index in [9.17, 15) is 14.4 Å². The molecule has 4 rings (SSSR count). The molecule has 1 atom stereocenters. The summed E-state index contributed by atoms with van der Waals surface area (Å²) in [6.45, 7) is 2.09. The summed E-state index contributed by atoms with van der Waals surface area (Å²) in [5, 5.41) is 13.0. The summed E-state index contributed by atoms with van der Waals surface area (Å²) in [5.41, 5.74) is 1.37. The van der Waals surface area contributed by atoms with Gasteiger partial charge in [-0.3, -0.25) is 9.59 Å². The van der Waals surface area contributed by atoms with Gasteiger partial charge in [0.05, 0.1) is 10.9 Å². The van der Waals surface area contributed by atoms with Crippen LogP contribution in [0.15, 0.2) is 57.7 Å². The number of ether oxygens (including phenoxy) is 1. The molecule has 2 aromatic carbocycles. The van der Waals surface area contributed by atoms with Crippen LogP contribution in [0.4, 0.5) is 0 Å². The first-order valence-corrected chi connectivity index (χ1v) is 11.7. The molecule has 0 radical (unpaired) electrons. The van der Waals surface area contributed by atoms with Crippen LogP contribution < -0.4 is 15.7 Å². The van der Waals surface area contributed by atoms with Gasteiger partial charge in [0.2, 0.25) is 0 Å². The molecular formula is C26H26ClNO6. The van der Waals surface area contributed by atoms with Crippen molar-refractivity contribution in [3.63, 3.8) is 0 Å². The Morgan fingerprint density at radius 3 is 2.53 bits per heavy atom. The van der Waals surface area contributed by atoms with Crippen LogP contribution in [0.1, 0.15) is 32.6 Å². The number of halogens is 1. The Balaban J connectivity index is 1.44. The number of benzene rings is 2. The third-order valence-electron chi connectivity index (χ3n) is 6.32. The van der Waals surface area contributed by atoms with Gasteiger partial charge in [0, 0.05) is 24.1 Å². The molecular weight excluding hydrogens is 458 g/mol. The normalized spacial score (nSPS) is 18.9. The zero-order valence-electron chi connectivity index (χ0n) is 18.8. The number of aliphatic carboxylic acids is 1. The van der Waals surface area contributed by atoms with E-state index in [0.29, 0.717) is 40.9 Å². The monoisotopic (exact) mass is 483 g/mol. The van der Waals surface area contributed by atoms with E-state index in [0.717, 1.165) is 18.4 Å². The van der Waals surface area contributed by atoms with Gasteiger partial charge in [-0.1, -0.05) is 41.9 Å². The van der Waals surface area contributed by atoms with Crippen LogP contribution in [0.3, 0.4) is 0 Å². The van der Waals surface area contributed by atoms with Crippen molar-refractivity contribution < 1.29 is 23.8 Å². The number of rotatable bonds is 7. The fourth-order valence-electron chi connectivity index (χ4n) is 4.36. The number of carboxylic acid groups (broad SMARTS) is 1. The number of carbonyl (C=O) groups excluding carboxylic acids is 1. The lowest BCUT2D eigenvalue weighted by Crippen LogP contribution is -2.39. The Morgan fingerprint density at radius 2 is 1.85 bits per heavy atom. The van der Waals surface area contributed by atoms with Gasteiger partial charge >= 0.3 is 11.6 Å². The van der Waals surface area contributed by atoms with E-state index in [-0.39, 0.29) is 23.5 Å². The van der Waals surface area contributed by atoms with E-state index in [1.165, 1.54) is 12.1 Å². The van der Waals surface area contributed by atoms with Crippen molar-refractivity contribution in [2.24, 2.45) is 11.8 Å². The maximum atomic E-state index is 12.6. The highest BCUT2D eigenvalue weighted by Crippen LogP contribution is 2.35. The molecule has 0 aliphatic heterocycles. The van der Waals surface area contributed by atoms with Crippen LogP contribution in [0.25, 0.3) is 22.1 Å². The lowest BCUT2D eigenvalue weighted by atomic mass is 9.82. The van der Waals surface area contributed by atoms with Crippen molar-refractivity contribution in [2.75, 3.05) is 6.54 Å². The van der Waals surface area contributed by atoms with E-state index >= 15 is 0 Å². The van der Waals surface area contributed by atoms with E-state index < -0.39 is 17.7 Å². The average Bonchev–Trinajstić information content (AvgIpc) is 2.83. The third kappa shape index (κ3) is 5.42. The molecule has 0 saturated heterocycles. The number of carbonyl (C=O) groups is 2. The lowest BCUT2D eigenvalue weighted by Gasteiger charge is -2.26. The van der Waals surface area contributed by atoms with Gasteiger partial charge in [0.1, 0.15) is 11.3 Å². The number of hydrogen-bond acceptors (Lipinski definition) is 5. The predicted molar refractivity (Wildman–Crippen MR) is 129 cm³/mol. The number of nitrogens with one attached hydrogen (secondary N) is 1. The summed E-state index contributed by atoms with van der Waals surface area (Å²) in [4.78, 5) is 35.8. The summed E-state index contributed by atoms with van der Waals surface area (Å²) < 4.78 is 11.2. The van der Waals surface area contributed by atoms with Crippen LogP contribution in [0.5, 0.6) is 5.75 Å². The zero-order chi connectivity index (χ0) is 24.2. The number of hydrogen-bond donors (Lipinski definition) is 2. The first-order valence-electron chi connectivity index (χ1n) is 11.3. The van der Waals surface area contributed by atoms with E-state index in [2.05, 4.69) is 5.32 Å². The van der Waals surface area contributed by atoms with Crippen molar-refractivity contribution in [1.29, 1.82) is 0 Å². The molecule has 1 aromatic heterocycles. The Kier molecular flexibility index (Phi) is 7.22. The Morgan fingerprint density at radius 1 is 1.15 bits per heavy atom. The molecule has 1 heterocycles. The van der Waals surface area contributed by atoms with E-state index in [4.69, 9.17) is 25.9 Å². The fraction of sp³-hybridized carbons (Fsp3) is 0.346. The molecule has 1 saturated carbocycles. The Hall–Kier alpha value is -3.32. The largest absolute Gasteiger partial charge is 0.481 e. The SMILES string of the molecule is C[C@@H](Oc1cc2oc(=O)cc(-c3ccccc3)c2cc1Cl)C(=O)NCC1CCC(C(=O)O)CC1. The minimum atomic E-state index is -0.825. The van der Waals surface area contributed by atoms with E-state index in [1.807, 2.05) is 30.3 Å². The second-order valence-electron chi connectivity index (χ2n) is 8.69. The Bertz CT molecular complexity index is 1250. The summed E-state index contributed by atoms with van der Waals surface area (Å²) in [5.74, 6) is -0.833. The van der Waals surface area contributed by atoms with Crippen molar-refractivity contribution in [3.8, 4) is 16.9 Å². The van der Waals surface area contributed by atoms with Gasteiger partial charge in [-0.15, -0.1) is 0 Å². The second kappa shape index (κ2) is 10.3. The summed E-state index contributed by atoms with van der Waals surface area (Å²) in [6.07, 6.45) is 1.97. The third-order valence-corrected chi connectivity index (χ3v) is 6.61. The maximum Gasteiger partial charge on any atom is 0.336 e. The molecule has 1 amide bonds. The zero-order valence-corrected chi connectivity index (χ0v) is 19.5. The number of amides is 1. The average molecular weight is 484 g/mol. The smallest absolute Gasteiger partial charge is 0.336 e. The van der Waals surface area contributed by atoms with E-state index in [1.54, 1.807) is 13.0 Å². The molecule has 178 valence electrons. The molecule has 1 aliphatic rings. The minimum Gasteiger partial charge on any atom is -0.481 e. The van der Waals surface area contributed by atoms with Gasteiger partial charge in [0.15, 0.2) is 6.10 Å². The molecule has 1 aliphatic carbocycles. The summed E-state index contributed by atoms with van der Waals surface area (Å²) >= 11 is 6.46. The first-order chi connectivity index (χ1) is 16.3. The Labute approximate surface area is 201 Å². The second-order valence-corrected chi connectivity index (χ2v) is 9.09. The van der Waals surface area contributed by atoms with Crippen LogP contribution in [-0.4, -0.2) is 29.6 Å². The van der Waals surface area contributed by atoms with Crippen molar-refractivity contribution in [3.05, 3.63) is 64.0 Å². The number of fused-ring (bicyclic) bond motifs is 1. The van der Waals surface area contributed by atoms with Gasteiger partial charge in [0.25, 0.3) is 5.91 Å². The molecule has 34 heavy (non-hydrogen) atoms. The predicted octanol–water partition coefficient (Wildman–Crippen LogP) is 4.89. The highest BCUT2D eigenvalue weighted by molar-refractivity contribution is 6.33. The quantitative estimate of drug-likeness (QED) is 0.463. The van der Waals surface area contributed by atoms with Crippen LogP contribution in [-0.2, 0) is 9.59 Å². The standard InChI is InChI=1S/C26H26ClNO6/c1-15(25(30)28-14-16-7-9-18(10-8-16)26(31)32)33-23-13-22-20(11-21(23)27)19(12-24(29)34-22)17-5-3-2-4-6-17/h2-6,11-13,15-16,18H,7-10,14H2,1H3,(H,28,30)(H,31,32)/t15-,16?,18?/m1/s1. The van der Waals surface area contributed by atoms with Crippen LogP contribution >= 0.6 is 11.6 Å². The molecule has 0 bridgehead atoms. The lowest BCUT2D eigenvalue weighted by molar-refractivity contribution is -0.143. The van der Waals surface area contributed by atoms with Gasteiger partial charge in [-0.25, -0.2) is 4.79 Å². The summed E-state index contributed by atoms with van der Waals surface area (Å²) in [6, 6.07) is 14.1. The molecule has 0 unspecified atom stereocenters. The minimum absolute atomic E-state index is 0.243. The number of carboxylic acids is 1.